The van der Waals surface area contributed by atoms with Gasteiger partial charge in [0, 0.05) is 12.6 Å². The molecule has 3 aromatic rings. The van der Waals surface area contributed by atoms with Crippen molar-refractivity contribution in [1.82, 2.24) is 4.98 Å². The van der Waals surface area contributed by atoms with Gasteiger partial charge in [-0.1, -0.05) is 18.2 Å². The summed E-state index contributed by atoms with van der Waals surface area (Å²) >= 11 is 0. The molecule has 1 aliphatic heterocycles. The molecule has 2 heterocycles. The Balaban J connectivity index is 1.76. The molecular formula is C26H20F3N3O5S. The highest BCUT2D eigenvalue weighted by molar-refractivity contribution is 7.92. The van der Waals surface area contributed by atoms with Gasteiger partial charge in [-0.05, 0) is 60.5 Å². The monoisotopic (exact) mass is 543 g/mol. The van der Waals surface area contributed by atoms with Crippen molar-refractivity contribution in [3.63, 3.8) is 0 Å². The number of hydrogen-bond donors (Lipinski definition) is 1. The minimum absolute atomic E-state index is 0.0123. The van der Waals surface area contributed by atoms with Crippen LogP contribution in [0.2, 0.25) is 0 Å². The van der Waals surface area contributed by atoms with E-state index in [1.807, 2.05) is 6.07 Å². The maximum atomic E-state index is 13.6. The van der Waals surface area contributed by atoms with E-state index < -0.39 is 38.7 Å². The van der Waals surface area contributed by atoms with E-state index in [0.29, 0.717) is 22.9 Å². The highest BCUT2D eigenvalue weighted by atomic mass is 32.2. The van der Waals surface area contributed by atoms with Gasteiger partial charge < -0.3 is 9.84 Å². The maximum Gasteiger partial charge on any atom is 0.416 e. The summed E-state index contributed by atoms with van der Waals surface area (Å²) in [5.41, 5.74) is 0.203. The van der Waals surface area contributed by atoms with Crippen molar-refractivity contribution in [2.45, 2.75) is 30.0 Å². The number of benzene rings is 2. The van der Waals surface area contributed by atoms with Crippen LogP contribution in [0.1, 0.15) is 35.2 Å². The van der Waals surface area contributed by atoms with Crippen LogP contribution in [-0.2, 0) is 21.0 Å². The van der Waals surface area contributed by atoms with Crippen molar-refractivity contribution < 1.29 is 36.2 Å². The Bertz CT molecular complexity index is 1550. The van der Waals surface area contributed by atoms with E-state index >= 15 is 0 Å². The molecule has 8 nitrogen and oxygen atoms in total. The first-order chi connectivity index (χ1) is 18.0. The average molecular weight is 544 g/mol. The molecule has 196 valence electrons. The van der Waals surface area contributed by atoms with Crippen LogP contribution >= 0.6 is 0 Å². The smallest absolute Gasteiger partial charge is 0.416 e. The van der Waals surface area contributed by atoms with Crippen LogP contribution in [0.4, 0.5) is 18.9 Å². The average Bonchev–Trinajstić information content (AvgIpc) is 2.89. The molecule has 0 radical (unpaired) electrons. The number of aromatic nitrogens is 1. The summed E-state index contributed by atoms with van der Waals surface area (Å²) in [5, 5.41) is 18.3. The summed E-state index contributed by atoms with van der Waals surface area (Å²) in [6.07, 6.45) is -1.19. The number of halogens is 3. The predicted octanol–water partition coefficient (Wildman–Crippen LogP) is 4.96. The summed E-state index contributed by atoms with van der Waals surface area (Å²) in [5.74, 6) is -0.965. The number of rotatable bonds is 7. The minimum atomic E-state index is -4.75. The Kier molecular flexibility index (Phi) is 7.41. The first kappa shape index (κ1) is 26.7. The van der Waals surface area contributed by atoms with E-state index in [9.17, 15) is 31.6 Å². The molecule has 38 heavy (non-hydrogen) atoms. The number of carboxylic acids is 1. The summed E-state index contributed by atoms with van der Waals surface area (Å²) in [6.45, 7) is -0.301. The lowest BCUT2D eigenvalue weighted by Gasteiger charge is -2.35. The molecule has 0 aliphatic carbocycles. The normalized spacial score (nSPS) is 15.5. The third-order valence-corrected chi connectivity index (χ3v) is 7.51. The second-order valence-electron chi connectivity index (χ2n) is 8.34. The van der Waals surface area contributed by atoms with Crippen molar-refractivity contribution in [1.29, 1.82) is 5.26 Å². The highest BCUT2D eigenvalue weighted by Crippen LogP contribution is 2.40. The number of pyridine rings is 1. The zero-order valence-electron chi connectivity index (χ0n) is 19.6. The Hall–Kier alpha value is -4.37. The van der Waals surface area contributed by atoms with Gasteiger partial charge in [-0.2, -0.15) is 18.4 Å². The Morgan fingerprint density at radius 1 is 1.18 bits per heavy atom. The van der Waals surface area contributed by atoms with Gasteiger partial charge in [-0.3, -0.25) is 14.1 Å². The second-order valence-corrected chi connectivity index (χ2v) is 10.2. The molecule has 0 spiro atoms. The molecule has 0 saturated heterocycles. The summed E-state index contributed by atoms with van der Waals surface area (Å²) in [4.78, 5) is 14.6. The van der Waals surface area contributed by atoms with Gasteiger partial charge in [-0.25, -0.2) is 8.42 Å². The fourth-order valence-corrected chi connectivity index (χ4v) is 5.42. The number of aliphatic carboxylic acids is 1. The third-order valence-electron chi connectivity index (χ3n) is 5.74. The molecule has 0 saturated carbocycles. The Labute approximate surface area is 216 Å². The SMILES string of the molecule is N#Cc1cccnc1/C=C/c1ccc2c(c1)N(S(=O)(=O)c1cccc(C(F)(F)F)c1)C[C@H](CCC(=O)O)O2. The van der Waals surface area contributed by atoms with E-state index in [1.54, 1.807) is 30.4 Å². The highest BCUT2D eigenvalue weighted by Gasteiger charge is 2.37. The van der Waals surface area contributed by atoms with E-state index in [1.165, 1.54) is 18.3 Å². The Morgan fingerprint density at radius 2 is 1.97 bits per heavy atom. The summed E-state index contributed by atoms with van der Waals surface area (Å²) in [7, 11) is -4.50. The maximum absolute atomic E-state index is 13.6. The molecule has 1 aromatic heterocycles. The summed E-state index contributed by atoms with van der Waals surface area (Å²) in [6, 6.07) is 13.3. The van der Waals surface area contributed by atoms with Gasteiger partial charge in [0.1, 0.15) is 17.9 Å². The topological polar surface area (TPSA) is 121 Å². The third kappa shape index (κ3) is 5.78. The van der Waals surface area contributed by atoms with Gasteiger partial charge in [0.2, 0.25) is 0 Å². The number of carboxylic acid groups (broad SMARTS) is 1. The van der Waals surface area contributed by atoms with Crippen LogP contribution in [0.5, 0.6) is 5.75 Å². The van der Waals surface area contributed by atoms with Crippen LogP contribution in [-0.4, -0.2) is 37.1 Å². The van der Waals surface area contributed by atoms with E-state index in [-0.39, 0.29) is 30.8 Å². The second kappa shape index (κ2) is 10.5. The van der Waals surface area contributed by atoms with Crippen LogP contribution in [0.15, 0.2) is 65.7 Å². The van der Waals surface area contributed by atoms with Crippen LogP contribution in [0, 0.1) is 11.3 Å². The fraction of sp³-hybridized carbons (Fsp3) is 0.192. The van der Waals surface area contributed by atoms with Gasteiger partial charge in [0.05, 0.1) is 33.9 Å². The zero-order chi connectivity index (χ0) is 27.5. The Morgan fingerprint density at radius 3 is 2.68 bits per heavy atom. The van der Waals surface area contributed by atoms with Crippen molar-refractivity contribution in [3.8, 4) is 11.8 Å². The molecule has 1 atom stereocenters. The molecule has 0 fully saturated rings. The molecule has 0 unspecified atom stereocenters. The molecule has 1 N–H and O–H groups in total. The molecule has 0 amide bonds. The van der Waals surface area contributed by atoms with Crippen LogP contribution in [0.3, 0.4) is 0 Å². The molecular weight excluding hydrogens is 523 g/mol. The van der Waals surface area contributed by atoms with Gasteiger partial charge in [0.15, 0.2) is 0 Å². The van der Waals surface area contributed by atoms with Crippen molar-refractivity contribution >= 4 is 33.8 Å². The predicted molar refractivity (Wildman–Crippen MR) is 132 cm³/mol. The lowest BCUT2D eigenvalue weighted by atomic mass is 10.1. The van der Waals surface area contributed by atoms with Crippen LogP contribution < -0.4 is 9.04 Å². The molecule has 0 bridgehead atoms. The zero-order valence-corrected chi connectivity index (χ0v) is 20.4. The molecule has 4 rings (SSSR count). The fourth-order valence-electron chi connectivity index (χ4n) is 3.88. The number of sulfonamides is 1. The van der Waals surface area contributed by atoms with Gasteiger partial charge in [-0.15, -0.1) is 0 Å². The number of ether oxygens (including phenoxy) is 1. The van der Waals surface area contributed by atoms with E-state index in [2.05, 4.69) is 4.98 Å². The number of alkyl halides is 3. The number of carbonyl (C=O) groups is 1. The van der Waals surface area contributed by atoms with E-state index in [0.717, 1.165) is 22.5 Å². The van der Waals surface area contributed by atoms with Gasteiger partial charge in [0.25, 0.3) is 10.0 Å². The number of nitrogens with zero attached hydrogens (tertiary/aromatic N) is 3. The van der Waals surface area contributed by atoms with Crippen molar-refractivity contribution in [2.75, 3.05) is 10.8 Å². The van der Waals surface area contributed by atoms with Crippen molar-refractivity contribution in [2.24, 2.45) is 0 Å². The lowest BCUT2D eigenvalue weighted by molar-refractivity contribution is -0.138. The van der Waals surface area contributed by atoms with Gasteiger partial charge >= 0.3 is 12.1 Å². The molecule has 2 aromatic carbocycles. The quantitative estimate of drug-likeness (QED) is 0.447. The largest absolute Gasteiger partial charge is 0.486 e. The number of anilines is 1. The first-order valence-electron chi connectivity index (χ1n) is 11.2. The standard InChI is InChI=1S/C26H20F3N3O5S/c27-26(28,29)19-4-1-5-21(14-19)38(35,36)32-16-20(8-11-25(33)34)37-24-10-7-17(13-23(24)32)6-9-22-18(15-30)3-2-12-31-22/h1-7,9-10,12-14,20H,8,11,16H2,(H,33,34)/b9-6+/t20-/m0/s1. The number of nitriles is 1. The number of fused-ring (bicyclic) bond motifs is 1. The summed E-state index contributed by atoms with van der Waals surface area (Å²) < 4.78 is 73.9. The molecule has 1 aliphatic rings. The van der Waals surface area contributed by atoms with E-state index in [4.69, 9.17) is 9.84 Å². The molecule has 12 heteroatoms. The van der Waals surface area contributed by atoms with Crippen LogP contribution in [0.25, 0.3) is 12.2 Å². The minimum Gasteiger partial charge on any atom is -0.486 e. The lowest BCUT2D eigenvalue weighted by Crippen LogP contribution is -2.43. The first-order valence-corrected chi connectivity index (χ1v) is 12.7. The van der Waals surface area contributed by atoms with Crippen molar-refractivity contribution in [3.05, 3.63) is 83.2 Å². The number of hydrogen-bond acceptors (Lipinski definition) is 6.